The molecule has 4 aliphatic rings. The molecule has 36 heavy (non-hydrogen) atoms. The summed E-state index contributed by atoms with van der Waals surface area (Å²) in [4.78, 5) is 40.6. The van der Waals surface area contributed by atoms with Crippen LogP contribution < -0.4 is 0 Å². The van der Waals surface area contributed by atoms with Gasteiger partial charge < -0.3 is 40.5 Å². The number of ketones is 3. The Bertz CT molecular complexity index is 1190. The second-order valence-corrected chi connectivity index (χ2v) is 11.1. The average Bonchev–Trinajstić information content (AvgIpc) is 2.79. The molecule has 1 saturated heterocycles. The minimum Gasteiger partial charge on any atom is -0.507 e. The molecule has 1 aromatic rings. The number of phenols is 1. The Morgan fingerprint density at radius 2 is 1.61 bits per heavy atom. The van der Waals surface area contributed by atoms with Crippen LogP contribution in [0.3, 0.4) is 0 Å². The van der Waals surface area contributed by atoms with E-state index in [1.807, 2.05) is 0 Å². The summed E-state index contributed by atoms with van der Waals surface area (Å²) < 4.78 is 5.74. The molecule has 8 atom stereocenters. The van der Waals surface area contributed by atoms with Crippen molar-refractivity contribution in [3.63, 3.8) is 0 Å². The number of hydrogen-bond acceptors (Lipinski definition) is 11. The standard InChI is InChI=1S/C25H30O11/c1-11-14(26)5-6-15(36-11)12-3-4-13-17(18(12)28)20(30)23(33)8-7-22(32)10-21(2,31)9-16(27)24(22,34)25(23,35)19(13)29/h3-4,11,14-15,26,28,31-35H,5-10H2,1-2H3/t11-,14+,15-,21?,22?,23?,24?,25?/m1/s1. The average molecular weight is 507 g/mol. The molecule has 2 saturated carbocycles. The van der Waals surface area contributed by atoms with Crippen LogP contribution in [-0.2, 0) is 9.53 Å². The predicted molar refractivity (Wildman–Crippen MR) is 119 cm³/mol. The van der Waals surface area contributed by atoms with E-state index >= 15 is 0 Å². The molecule has 3 fully saturated rings. The molecule has 0 radical (unpaired) electrons. The predicted octanol–water partition coefficient (Wildman–Crippen LogP) is -0.796. The lowest BCUT2D eigenvalue weighted by Gasteiger charge is -2.63. The molecule has 1 heterocycles. The van der Waals surface area contributed by atoms with Gasteiger partial charge in [-0.1, -0.05) is 6.07 Å². The van der Waals surface area contributed by atoms with Gasteiger partial charge in [-0.2, -0.15) is 0 Å². The van der Waals surface area contributed by atoms with Crippen LogP contribution in [0.2, 0.25) is 0 Å². The number of fused-ring (bicyclic) bond motifs is 4. The Morgan fingerprint density at radius 1 is 0.944 bits per heavy atom. The number of aliphatic hydroxyl groups excluding tert-OH is 1. The largest absolute Gasteiger partial charge is 0.507 e. The Hall–Kier alpha value is -2.25. The van der Waals surface area contributed by atoms with Crippen LogP contribution in [0, 0.1) is 0 Å². The normalized spacial score (nSPS) is 46.7. The molecule has 5 unspecified atom stereocenters. The maximum Gasteiger partial charge on any atom is 0.202 e. The highest BCUT2D eigenvalue weighted by atomic mass is 16.5. The van der Waals surface area contributed by atoms with E-state index in [1.54, 1.807) is 6.92 Å². The zero-order valence-electron chi connectivity index (χ0n) is 19.9. The van der Waals surface area contributed by atoms with E-state index in [9.17, 15) is 50.1 Å². The van der Waals surface area contributed by atoms with E-state index in [4.69, 9.17) is 4.74 Å². The van der Waals surface area contributed by atoms with Gasteiger partial charge in [-0.3, -0.25) is 14.4 Å². The van der Waals surface area contributed by atoms with E-state index in [0.717, 1.165) is 6.07 Å². The monoisotopic (exact) mass is 506 g/mol. The van der Waals surface area contributed by atoms with Gasteiger partial charge in [0.2, 0.25) is 17.2 Å². The summed E-state index contributed by atoms with van der Waals surface area (Å²) in [6.45, 7) is 2.90. The number of benzene rings is 1. The molecule has 0 amide bonds. The van der Waals surface area contributed by atoms with E-state index in [1.165, 1.54) is 13.0 Å². The van der Waals surface area contributed by atoms with Gasteiger partial charge in [0.1, 0.15) is 11.4 Å². The lowest BCUT2D eigenvalue weighted by molar-refractivity contribution is -0.301. The third kappa shape index (κ3) is 2.84. The van der Waals surface area contributed by atoms with Gasteiger partial charge >= 0.3 is 0 Å². The van der Waals surface area contributed by atoms with E-state index in [-0.39, 0.29) is 5.56 Å². The number of phenolic OH excluding ortho intramolecular Hbond substituents is 1. The smallest absolute Gasteiger partial charge is 0.202 e. The first-order chi connectivity index (χ1) is 16.5. The molecular formula is C25H30O11. The Kier molecular flexibility index (Phi) is 5.23. The molecule has 1 aliphatic heterocycles. The van der Waals surface area contributed by atoms with Crippen LogP contribution in [0.4, 0.5) is 0 Å². The Morgan fingerprint density at radius 3 is 2.25 bits per heavy atom. The number of aromatic hydroxyl groups is 1. The van der Waals surface area contributed by atoms with Crippen molar-refractivity contribution in [1.82, 2.24) is 0 Å². The molecule has 5 rings (SSSR count). The van der Waals surface area contributed by atoms with Crippen molar-refractivity contribution in [2.24, 2.45) is 0 Å². The third-order valence-electron chi connectivity index (χ3n) is 8.69. The highest BCUT2D eigenvalue weighted by Gasteiger charge is 2.83. The molecule has 0 spiro atoms. The number of rotatable bonds is 1. The van der Waals surface area contributed by atoms with Crippen LogP contribution in [-0.4, -0.2) is 93.3 Å². The van der Waals surface area contributed by atoms with Crippen molar-refractivity contribution < 1.29 is 54.9 Å². The molecule has 1 aromatic carbocycles. The molecular weight excluding hydrogens is 476 g/mol. The second kappa shape index (κ2) is 7.41. The minimum absolute atomic E-state index is 0.138. The van der Waals surface area contributed by atoms with E-state index in [2.05, 4.69) is 0 Å². The number of hydrogen-bond donors (Lipinski definition) is 7. The number of carbonyl (C=O) groups is 3. The first-order valence-electron chi connectivity index (χ1n) is 12.0. The maximum atomic E-state index is 13.7. The summed E-state index contributed by atoms with van der Waals surface area (Å²) in [5.74, 6) is -4.65. The van der Waals surface area contributed by atoms with Crippen molar-refractivity contribution in [2.45, 2.75) is 98.7 Å². The molecule has 196 valence electrons. The van der Waals surface area contributed by atoms with Crippen molar-refractivity contribution >= 4 is 17.3 Å². The van der Waals surface area contributed by atoms with Gasteiger partial charge in [-0.25, -0.2) is 0 Å². The second-order valence-electron chi connectivity index (χ2n) is 11.1. The highest BCUT2D eigenvalue weighted by Crippen LogP contribution is 2.59. The molecule has 7 N–H and O–H groups in total. The lowest BCUT2D eigenvalue weighted by Crippen LogP contribution is -2.88. The van der Waals surface area contributed by atoms with Crippen molar-refractivity contribution in [3.05, 3.63) is 28.8 Å². The Balaban J connectivity index is 1.67. The van der Waals surface area contributed by atoms with Gasteiger partial charge in [0.15, 0.2) is 17.0 Å². The summed E-state index contributed by atoms with van der Waals surface area (Å²) in [7, 11) is 0. The van der Waals surface area contributed by atoms with Crippen LogP contribution in [0.1, 0.15) is 84.8 Å². The van der Waals surface area contributed by atoms with Gasteiger partial charge in [-0.05, 0) is 45.6 Å². The SMILES string of the molecule is C[C@H]1O[C@@H](c2ccc3c(c2O)C(=O)C2(O)CCC4(O)CC(C)(O)CC(=O)C4(O)C2(O)C3=O)CC[C@@H]1O. The quantitative estimate of drug-likeness (QED) is 0.251. The highest BCUT2D eigenvalue weighted by molar-refractivity contribution is 6.25. The minimum atomic E-state index is -3.47. The van der Waals surface area contributed by atoms with Crippen molar-refractivity contribution in [3.8, 4) is 5.75 Å². The number of Topliss-reactive ketones (excluding diaryl/α,β-unsaturated/α-hetero) is 3. The summed E-state index contributed by atoms with van der Waals surface area (Å²) >= 11 is 0. The Labute approximate surface area is 205 Å². The van der Waals surface area contributed by atoms with Gasteiger partial charge in [0, 0.05) is 24.0 Å². The maximum absolute atomic E-state index is 13.7. The molecule has 11 heteroatoms. The first-order valence-corrected chi connectivity index (χ1v) is 12.0. The summed E-state index contributed by atoms with van der Waals surface area (Å²) in [5.41, 5.74) is -15.1. The van der Waals surface area contributed by atoms with E-state index < -0.39 is 106 Å². The van der Waals surface area contributed by atoms with Crippen LogP contribution >= 0.6 is 0 Å². The molecule has 0 aromatic heterocycles. The van der Waals surface area contributed by atoms with E-state index in [0.29, 0.717) is 12.8 Å². The third-order valence-corrected chi connectivity index (χ3v) is 8.69. The fourth-order valence-corrected chi connectivity index (χ4v) is 6.75. The summed E-state index contributed by atoms with van der Waals surface area (Å²) in [5, 5.41) is 77.5. The van der Waals surface area contributed by atoms with Gasteiger partial charge in [0.05, 0.1) is 29.5 Å². The fraction of sp³-hybridized carbons (Fsp3) is 0.640. The van der Waals surface area contributed by atoms with Gasteiger partial charge in [0.25, 0.3) is 0 Å². The molecule has 0 bridgehead atoms. The fourth-order valence-electron chi connectivity index (χ4n) is 6.75. The zero-order chi connectivity index (χ0) is 26.6. The van der Waals surface area contributed by atoms with Crippen LogP contribution in [0.25, 0.3) is 0 Å². The lowest BCUT2D eigenvalue weighted by atomic mass is 9.45. The zero-order valence-corrected chi connectivity index (χ0v) is 19.9. The number of aliphatic hydroxyl groups is 6. The molecule has 3 aliphatic carbocycles. The van der Waals surface area contributed by atoms with Crippen LogP contribution in [0.5, 0.6) is 5.75 Å². The number of carbonyl (C=O) groups excluding carboxylic acids is 3. The summed E-state index contributed by atoms with van der Waals surface area (Å²) in [6, 6.07) is 2.43. The first kappa shape index (κ1) is 25.4. The van der Waals surface area contributed by atoms with Gasteiger partial charge in [-0.15, -0.1) is 0 Å². The number of ether oxygens (including phenoxy) is 1. The summed E-state index contributed by atoms with van der Waals surface area (Å²) in [6.07, 6.45) is -4.02. The van der Waals surface area contributed by atoms with Crippen molar-refractivity contribution in [1.29, 1.82) is 0 Å². The van der Waals surface area contributed by atoms with Crippen molar-refractivity contribution in [2.75, 3.05) is 0 Å². The molecule has 11 nitrogen and oxygen atoms in total. The van der Waals surface area contributed by atoms with Crippen LogP contribution in [0.15, 0.2) is 12.1 Å². The topological polar surface area (TPSA) is 202 Å².